The molecule has 1 fully saturated rings. The number of carbonyl (C=O) groups excluding carboxylic acids is 1. The fraction of sp³-hybridized carbons (Fsp3) is 0.214. The first-order valence-corrected chi connectivity index (χ1v) is 11.3. The van der Waals surface area contributed by atoms with Crippen LogP contribution in [0.1, 0.15) is 27.5 Å². The predicted octanol–water partition coefficient (Wildman–Crippen LogP) is 4.14. The second kappa shape index (κ2) is 9.53. The third-order valence-corrected chi connectivity index (χ3v) is 6.49. The van der Waals surface area contributed by atoms with Gasteiger partial charge in [-0.1, -0.05) is 84.9 Å². The second-order valence-corrected chi connectivity index (χ2v) is 8.46. The van der Waals surface area contributed by atoms with Gasteiger partial charge in [0, 0.05) is 37.4 Å². The van der Waals surface area contributed by atoms with Crippen LogP contribution in [0.5, 0.6) is 0 Å². The Labute approximate surface area is 193 Å². The van der Waals surface area contributed by atoms with Crippen LogP contribution in [-0.4, -0.2) is 58.1 Å². The van der Waals surface area contributed by atoms with Crippen LogP contribution in [0.3, 0.4) is 0 Å². The minimum Gasteiger partial charge on any atom is -0.395 e. The van der Waals surface area contributed by atoms with Gasteiger partial charge in [0.25, 0.3) is 5.91 Å². The van der Waals surface area contributed by atoms with E-state index in [0.717, 1.165) is 10.8 Å². The Bertz CT molecular complexity index is 1180. The van der Waals surface area contributed by atoms with Crippen LogP contribution in [0.25, 0.3) is 10.8 Å². The zero-order valence-corrected chi connectivity index (χ0v) is 18.4. The summed E-state index contributed by atoms with van der Waals surface area (Å²) in [4.78, 5) is 21.9. The number of hydrogen-bond donors (Lipinski definition) is 1. The highest BCUT2D eigenvalue weighted by atomic mass is 16.3. The first-order chi connectivity index (χ1) is 16.3. The van der Waals surface area contributed by atoms with Gasteiger partial charge in [0.1, 0.15) is 0 Å². The van der Waals surface area contributed by atoms with Crippen LogP contribution in [-0.2, 0) is 0 Å². The van der Waals surface area contributed by atoms with Crippen molar-refractivity contribution in [2.75, 3.05) is 26.2 Å². The van der Waals surface area contributed by atoms with Crippen LogP contribution in [0.2, 0.25) is 0 Å². The lowest BCUT2D eigenvalue weighted by Crippen LogP contribution is -2.57. The summed E-state index contributed by atoms with van der Waals surface area (Å²) in [7, 11) is 0. The molecule has 0 spiro atoms. The molecule has 0 aliphatic carbocycles. The molecule has 5 heteroatoms. The average Bonchev–Trinajstić information content (AvgIpc) is 2.89. The first kappa shape index (κ1) is 21.3. The molecule has 5 rings (SSSR count). The Hall–Kier alpha value is -3.54. The largest absolute Gasteiger partial charge is 0.395 e. The zero-order chi connectivity index (χ0) is 22.6. The van der Waals surface area contributed by atoms with Crippen molar-refractivity contribution >= 4 is 16.7 Å². The van der Waals surface area contributed by atoms with E-state index in [-0.39, 0.29) is 24.6 Å². The molecule has 1 aliphatic rings. The van der Waals surface area contributed by atoms with Crippen molar-refractivity contribution in [3.05, 3.63) is 114 Å². The Kier molecular flexibility index (Phi) is 6.15. The van der Waals surface area contributed by atoms with Crippen LogP contribution in [0.15, 0.2) is 97.3 Å². The van der Waals surface area contributed by atoms with Crippen molar-refractivity contribution in [2.24, 2.45) is 0 Å². The summed E-state index contributed by atoms with van der Waals surface area (Å²) in [6.07, 6.45) is 3.44. The number of aliphatic hydroxyl groups excluding tert-OH is 1. The maximum Gasteiger partial charge on any atom is 0.256 e. The van der Waals surface area contributed by atoms with Crippen LogP contribution in [0, 0.1) is 0 Å². The maximum atomic E-state index is 13.5. The standard InChI is InChI=1S/C28H27N3O2/c32-20-24-19-30(28(33)26-18-29-17-23-13-7-8-14-25(23)26)15-16-31(24)27(21-9-3-1-4-10-21)22-11-5-2-6-12-22/h1-14,17-18,24,27,32H,15-16,19-20H2/t24-/m1/s1. The van der Waals surface area contributed by atoms with Crippen molar-refractivity contribution < 1.29 is 9.90 Å². The summed E-state index contributed by atoms with van der Waals surface area (Å²) in [5.74, 6) is -0.0339. The highest BCUT2D eigenvalue weighted by Crippen LogP contribution is 2.32. The lowest BCUT2D eigenvalue weighted by Gasteiger charge is -2.45. The van der Waals surface area contributed by atoms with Crippen LogP contribution >= 0.6 is 0 Å². The maximum absolute atomic E-state index is 13.5. The summed E-state index contributed by atoms with van der Waals surface area (Å²) in [5.41, 5.74) is 2.97. The quantitative estimate of drug-likeness (QED) is 0.510. The molecule has 1 amide bonds. The molecule has 5 nitrogen and oxygen atoms in total. The topological polar surface area (TPSA) is 56.7 Å². The van der Waals surface area contributed by atoms with Gasteiger partial charge < -0.3 is 10.0 Å². The Balaban J connectivity index is 1.44. The normalized spacial score (nSPS) is 16.9. The van der Waals surface area contributed by atoms with Crippen LogP contribution in [0.4, 0.5) is 0 Å². The van der Waals surface area contributed by atoms with Crippen molar-refractivity contribution in [3.63, 3.8) is 0 Å². The van der Waals surface area contributed by atoms with Gasteiger partial charge in [0.05, 0.1) is 24.3 Å². The highest BCUT2D eigenvalue weighted by Gasteiger charge is 2.35. The minimum absolute atomic E-state index is 0.0148. The third-order valence-electron chi connectivity index (χ3n) is 6.49. The number of fused-ring (bicyclic) bond motifs is 1. The summed E-state index contributed by atoms with van der Waals surface area (Å²) < 4.78 is 0. The molecule has 166 valence electrons. The first-order valence-electron chi connectivity index (χ1n) is 11.3. The summed E-state index contributed by atoms with van der Waals surface area (Å²) in [5, 5.41) is 12.2. The van der Waals surface area contributed by atoms with Crippen molar-refractivity contribution in [1.82, 2.24) is 14.8 Å². The van der Waals surface area contributed by atoms with E-state index in [0.29, 0.717) is 25.2 Å². The molecular weight excluding hydrogens is 410 g/mol. The van der Waals surface area contributed by atoms with Gasteiger partial charge in [-0.3, -0.25) is 14.7 Å². The summed E-state index contributed by atoms with van der Waals surface area (Å²) in [6.45, 7) is 1.71. The van der Waals surface area contributed by atoms with Crippen molar-refractivity contribution in [2.45, 2.75) is 12.1 Å². The number of aromatic nitrogens is 1. The number of nitrogens with zero attached hydrogens (tertiary/aromatic N) is 3. The lowest BCUT2D eigenvalue weighted by atomic mass is 9.94. The van der Waals surface area contributed by atoms with Gasteiger partial charge in [-0.15, -0.1) is 0 Å². The monoisotopic (exact) mass is 437 g/mol. The van der Waals surface area contributed by atoms with Crippen molar-refractivity contribution in [3.8, 4) is 0 Å². The van der Waals surface area contributed by atoms with Gasteiger partial charge in [0.2, 0.25) is 0 Å². The smallest absolute Gasteiger partial charge is 0.256 e. The Morgan fingerprint density at radius 3 is 2.18 bits per heavy atom. The molecule has 1 N–H and O–H groups in total. The molecule has 1 atom stereocenters. The fourth-order valence-corrected chi connectivity index (χ4v) is 4.86. The van der Waals surface area contributed by atoms with E-state index in [4.69, 9.17) is 0 Å². The van der Waals surface area contributed by atoms with Gasteiger partial charge >= 0.3 is 0 Å². The molecule has 0 saturated carbocycles. The average molecular weight is 438 g/mol. The zero-order valence-electron chi connectivity index (χ0n) is 18.4. The van der Waals surface area contributed by atoms with E-state index in [9.17, 15) is 9.90 Å². The molecule has 33 heavy (non-hydrogen) atoms. The molecule has 3 aromatic carbocycles. The van der Waals surface area contributed by atoms with E-state index in [2.05, 4.69) is 34.1 Å². The molecular formula is C28H27N3O2. The number of carbonyl (C=O) groups is 1. The van der Waals surface area contributed by atoms with Crippen molar-refractivity contribution in [1.29, 1.82) is 0 Å². The van der Waals surface area contributed by atoms with Gasteiger partial charge in [0.15, 0.2) is 0 Å². The summed E-state index contributed by atoms with van der Waals surface area (Å²) in [6, 6.07) is 28.4. The molecule has 4 aromatic rings. The molecule has 2 heterocycles. The van der Waals surface area contributed by atoms with Gasteiger partial charge in [-0.05, 0) is 16.5 Å². The van der Waals surface area contributed by atoms with Gasteiger partial charge in [-0.25, -0.2) is 0 Å². The van der Waals surface area contributed by atoms with E-state index >= 15 is 0 Å². The number of hydrogen-bond acceptors (Lipinski definition) is 4. The fourth-order valence-electron chi connectivity index (χ4n) is 4.86. The molecule has 0 unspecified atom stereocenters. The highest BCUT2D eigenvalue weighted by molar-refractivity contribution is 6.06. The molecule has 1 saturated heterocycles. The molecule has 0 bridgehead atoms. The lowest BCUT2D eigenvalue weighted by molar-refractivity contribution is 0.0197. The van der Waals surface area contributed by atoms with E-state index in [1.165, 1.54) is 11.1 Å². The predicted molar refractivity (Wildman–Crippen MR) is 130 cm³/mol. The molecule has 0 radical (unpaired) electrons. The SMILES string of the molecule is O=C(c1cncc2ccccc12)N1CCN(C(c2ccccc2)c2ccccc2)[C@@H](CO)C1. The van der Waals surface area contributed by atoms with E-state index in [1.54, 1.807) is 12.4 Å². The van der Waals surface area contributed by atoms with E-state index in [1.807, 2.05) is 65.6 Å². The Morgan fingerprint density at radius 1 is 0.879 bits per heavy atom. The number of aliphatic hydroxyl groups is 1. The minimum atomic E-state index is -0.170. The number of piperazine rings is 1. The second-order valence-electron chi connectivity index (χ2n) is 8.46. The number of pyridine rings is 1. The molecule has 1 aromatic heterocycles. The Morgan fingerprint density at radius 2 is 1.52 bits per heavy atom. The summed E-state index contributed by atoms with van der Waals surface area (Å²) >= 11 is 0. The van der Waals surface area contributed by atoms with Gasteiger partial charge in [-0.2, -0.15) is 0 Å². The number of rotatable bonds is 5. The molecule has 1 aliphatic heterocycles. The van der Waals surface area contributed by atoms with E-state index < -0.39 is 0 Å². The number of amides is 1. The third kappa shape index (κ3) is 4.25. The number of benzene rings is 3. The van der Waals surface area contributed by atoms with Crippen LogP contribution < -0.4 is 0 Å².